The summed E-state index contributed by atoms with van der Waals surface area (Å²) >= 11 is 0. The lowest BCUT2D eigenvalue weighted by Gasteiger charge is -2.26. The van der Waals surface area contributed by atoms with E-state index in [0.29, 0.717) is 6.42 Å². The van der Waals surface area contributed by atoms with Crippen molar-refractivity contribution in [1.82, 2.24) is 0 Å². The number of allylic oxidation sites excluding steroid dienone is 4. The van der Waals surface area contributed by atoms with Crippen LogP contribution in [0.5, 0.6) is 0 Å². The summed E-state index contributed by atoms with van der Waals surface area (Å²) in [5, 5.41) is 0. The fourth-order valence-electron chi connectivity index (χ4n) is 3.25. The van der Waals surface area contributed by atoms with Crippen LogP contribution >= 0.6 is 0 Å². The number of hydrogen-bond donors (Lipinski definition) is 0. The van der Waals surface area contributed by atoms with Crippen molar-refractivity contribution in [3.8, 4) is 0 Å². The molecule has 0 aromatic rings. The van der Waals surface area contributed by atoms with E-state index in [1.165, 1.54) is 49.7 Å². The van der Waals surface area contributed by atoms with Crippen molar-refractivity contribution in [1.29, 1.82) is 0 Å². The van der Waals surface area contributed by atoms with Gasteiger partial charge in [0.25, 0.3) is 0 Å². The van der Waals surface area contributed by atoms with Crippen LogP contribution in [0.3, 0.4) is 0 Å². The lowest BCUT2D eigenvalue weighted by atomic mass is 9.80. The average molecular weight is 294 g/mol. The molecule has 0 saturated carbocycles. The van der Waals surface area contributed by atoms with Gasteiger partial charge in [0, 0.05) is 0 Å². The van der Waals surface area contributed by atoms with Crippen LogP contribution in [0, 0.1) is 17.8 Å². The van der Waals surface area contributed by atoms with Crippen molar-refractivity contribution in [3.05, 3.63) is 23.0 Å². The van der Waals surface area contributed by atoms with E-state index in [0.717, 1.165) is 24.2 Å². The van der Waals surface area contributed by atoms with Gasteiger partial charge in [-0.25, -0.2) is 4.39 Å². The van der Waals surface area contributed by atoms with Gasteiger partial charge in [0.05, 0.1) is 5.83 Å². The maximum atomic E-state index is 13.4. The molecular formula is C20H35F. The highest BCUT2D eigenvalue weighted by molar-refractivity contribution is 5.28. The molecule has 0 amide bonds. The topological polar surface area (TPSA) is 0 Å². The maximum absolute atomic E-state index is 13.4. The summed E-state index contributed by atoms with van der Waals surface area (Å²) < 4.78 is 13.4. The Labute approximate surface area is 131 Å². The zero-order valence-corrected chi connectivity index (χ0v) is 14.8. The first-order chi connectivity index (χ1) is 9.92. The molecule has 0 saturated heterocycles. The number of hydrogen-bond acceptors (Lipinski definition) is 0. The van der Waals surface area contributed by atoms with Crippen LogP contribution in [0.25, 0.3) is 0 Å². The lowest BCUT2D eigenvalue weighted by molar-refractivity contribution is 0.350. The first kappa shape index (κ1) is 18.5. The van der Waals surface area contributed by atoms with Crippen molar-refractivity contribution in [2.45, 2.75) is 86.0 Å². The van der Waals surface area contributed by atoms with Crippen LogP contribution in [0.1, 0.15) is 86.0 Å². The molecule has 1 aliphatic rings. The van der Waals surface area contributed by atoms with Gasteiger partial charge in [-0.1, -0.05) is 52.5 Å². The van der Waals surface area contributed by atoms with Gasteiger partial charge in [-0.05, 0) is 68.4 Å². The van der Waals surface area contributed by atoms with Gasteiger partial charge in [-0.2, -0.15) is 0 Å². The van der Waals surface area contributed by atoms with E-state index in [9.17, 15) is 4.39 Å². The summed E-state index contributed by atoms with van der Waals surface area (Å²) in [7, 11) is 0. The second kappa shape index (κ2) is 9.43. The van der Waals surface area contributed by atoms with Crippen molar-refractivity contribution in [2.75, 3.05) is 0 Å². The molecule has 0 fully saturated rings. The minimum atomic E-state index is 0.0325. The van der Waals surface area contributed by atoms with Crippen LogP contribution in [-0.4, -0.2) is 0 Å². The SMILES string of the molecule is CC/C(F)=C\C1=C(C)CC(CCC(C)CCC(C)C)CC1. The predicted octanol–water partition coefficient (Wildman–Crippen LogP) is 7.22. The minimum absolute atomic E-state index is 0.0325. The van der Waals surface area contributed by atoms with Gasteiger partial charge in [0.15, 0.2) is 0 Å². The van der Waals surface area contributed by atoms with Gasteiger partial charge in [0.2, 0.25) is 0 Å². The van der Waals surface area contributed by atoms with Crippen LogP contribution < -0.4 is 0 Å². The largest absolute Gasteiger partial charge is 0.212 e. The first-order valence-electron chi connectivity index (χ1n) is 8.97. The minimum Gasteiger partial charge on any atom is -0.212 e. The van der Waals surface area contributed by atoms with Crippen molar-refractivity contribution < 1.29 is 4.39 Å². The Hall–Kier alpha value is -0.590. The second-order valence-electron chi connectivity index (χ2n) is 7.51. The molecule has 0 heterocycles. The van der Waals surface area contributed by atoms with Crippen LogP contribution in [-0.2, 0) is 0 Å². The van der Waals surface area contributed by atoms with E-state index >= 15 is 0 Å². The normalized spacial score (nSPS) is 22.0. The highest BCUT2D eigenvalue weighted by Crippen LogP contribution is 2.34. The molecule has 2 unspecified atom stereocenters. The summed E-state index contributed by atoms with van der Waals surface area (Å²) in [6, 6.07) is 0. The molecule has 122 valence electrons. The molecule has 0 aliphatic heterocycles. The van der Waals surface area contributed by atoms with Crippen molar-refractivity contribution >= 4 is 0 Å². The molecule has 1 heteroatoms. The molecule has 0 bridgehead atoms. The van der Waals surface area contributed by atoms with Crippen molar-refractivity contribution in [3.63, 3.8) is 0 Å². The summed E-state index contributed by atoms with van der Waals surface area (Å²) in [5.41, 5.74) is 2.68. The van der Waals surface area contributed by atoms with Gasteiger partial charge in [0.1, 0.15) is 0 Å². The Morgan fingerprint density at radius 3 is 2.52 bits per heavy atom. The van der Waals surface area contributed by atoms with Crippen LogP contribution in [0.15, 0.2) is 23.0 Å². The maximum Gasteiger partial charge on any atom is 0.0999 e. The smallest absolute Gasteiger partial charge is 0.0999 e. The second-order valence-corrected chi connectivity index (χ2v) is 7.51. The van der Waals surface area contributed by atoms with Crippen LogP contribution in [0.4, 0.5) is 4.39 Å². The first-order valence-corrected chi connectivity index (χ1v) is 8.97. The average Bonchev–Trinajstić information content (AvgIpc) is 2.45. The van der Waals surface area contributed by atoms with Crippen molar-refractivity contribution in [2.24, 2.45) is 17.8 Å². The Balaban J connectivity index is 2.38. The Kier molecular flexibility index (Phi) is 8.29. The van der Waals surface area contributed by atoms with E-state index in [-0.39, 0.29) is 5.83 Å². The Morgan fingerprint density at radius 2 is 1.95 bits per heavy atom. The third kappa shape index (κ3) is 7.29. The third-order valence-corrected chi connectivity index (χ3v) is 4.94. The predicted molar refractivity (Wildman–Crippen MR) is 92.0 cm³/mol. The molecule has 1 rings (SSSR count). The number of halogens is 1. The quantitative estimate of drug-likeness (QED) is 0.443. The van der Waals surface area contributed by atoms with E-state index in [2.05, 4.69) is 27.7 Å². The third-order valence-electron chi connectivity index (χ3n) is 4.94. The fourth-order valence-corrected chi connectivity index (χ4v) is 3.25. The van der Waals surface area contributed by atoms with Gasteiger partial charge in [-0.15, -0.1) is 0 Å². The Morgan fingerprint density at radius 1 is 1.24 bits per heavy atom. The summed E-state index contributed by atoms with van der Waals surface area (Å²) in [6.45, 7) is 11.1. The van der Waals surface area contributed by atoms with Gasteiger partial charge >= 0.3 is 0 Å². The highest BCUT2D eigenvalue weighted by atomic mass is 19.1. The molecule has 0 nitrogen and oxygen atoms in total. The zero-order chi connectivity index (χ0) is 15.8. The lowest BCUT2D eigenvalue weighted by Crippen LogP contribution is -2.10. The van der Waals surface area contributed by atoms with Gasteiger partial charge in [-0.3, -0.25) is 0 Å². The molecule has 0 spiro atoms. The van der Waals surface area contributed by atoms with Gasteiger partial charge < -0.3 is 0 Å². The van der Waals surface area contributed by atoms with E-state index in [4.69, 9.17) is 0 Å². The summed E-state index contributed by atoms with van der Waals surface area (Å²) in [4.78, 5) is 0. The molecule has 0 radical (unpaired) electrons. The molecule has 0 aromatic carbocycles. The molecule has 21 heavy (non-hydrogen) atoms. The molecular weight excluding hydrogens is 259 g/mol. The molecule has 0 N–H and O–H groups in total. The van der Waals surface area contributed by atoms with Crippen LogP contribution in [0.2, 0.25) is 0 Å². The summed E-state index contributed by atoms with van der Waals surface area (Å²) in [6.07, 6.45) is 11.2. The molecule has 2 atom stereocenters. The zero-order valence-electron chi connectivity index (χ0n) is 14.8. The summed E-state index contributed by atoms with van der Waals surface area (Å²) in [5.74, 6) is 2.55. The molecule has 0 aromatic heterocycles. The highest BCUT2D eigenvalue weighted by Gasteiger charge is 2.18. The standard InChI is InChI=1S/C20H35F/c1-6-20(21)14-19-12-11-18(13-17(19)5)10-9-16(4)8-7-15(2)3/h14-16,18H,6-13H2,1-5H3/b20-14+. The van der Waals surface area contributed by atoms with E-state index < -0.39 is 0 Å². The molecule has 1 aliphatic carbocycles. The monoisotopic (exact) mass is 294 g/mol. The van der Waals surface area contributed by atoms with E-state index in [1.54, 1.807) is 6.08 Å². The number of rotatable bonds is 8. The Bertz CT molecular complexity index is 362. The fraction of sp³-hybridized carbons (Fsp3) is 0.800. The van der Waals surface area contributed by atoms with E-state index in [1.807, 2.05) is 6.92 Å².